The molecule has 194 valence electrons. The smallest absolute Gasteiger partial charge is 0.326 e. The molecule has 0 fully saturated rings. The van der Waals surface area contributed by atoms with Crippen molar-refractivity contribution in [1.82, 2.24) is 16.0 Å². The third-order valence-electron chi connectivity index (χ3n) is 5.51. The third-order valence-corrected chi connectivity index (χ3v) is 5.51. The Bertz CT molecular complexity index is 880. The molecule has 8 N–H and O–H groups in total. The van der Waals surface area contributed by atoms with Gasteiger partial charge in [0.15, 0.2) is 0 Å². The molecular weight excluding hydrogens is 460 g/mol. The lowest BCUT2D eigenvalue weighted by molar-refractivity contribution is -0.143. The Morgan fingerprint density at radius 2 is 1.49 bits per heavy atom. The van der Waals surface area contributed by atoms with Crippen molar-refractivity contribution in [3.63, 3.8) is 0 Å². The fourth-order valence-electron chi connectivity index (χ4n) is 3.17. The molecule has 1 rings (SSSR count). The largest absolute Gasteiger partial charge is 0.481 e. The lowest BCUT2D eigenvalue weighted by Crippen LogP contribution is -2.58. The van der Waals surface area contributed by atoms with Crippen LogP contribution in [0.25, 0.3) is 0 Å². The number of carbonyl (C=O) groups is 5. The molecule has 0 aliphatic heterocycles. The molecule has 0 spiro atoms. The van der Waals surface area contributed by atoms with Gasteiger partial charge >= 0.3 is 11.9 Å². The van der Waals surface area contributed by atoms with Gasteiger partial charge in [-0.25, -0.2) is 4.79 Å². The molecule has 1 aromatic carbocycles. The first-order valence-electron chi connectivity index (χ1n) is 11.3. The van der Waals surface area contributed by atoms with Gasteiger partial charge < -0.3 is 37.0 Å². The molecule has 0 aromatic heterocycles. The van der Waals surface area contributed by atoms with Crippen molar-refractivity contribution in [3.05, 3.63) is 35.9 Å². The molecule has 3 amide bonds. The topological polar surface area (TPSA) is 208 Å². The van der Waals surface area contributed by atoms with Crippen LogP contribution in [0.5, 0.6) is 0 Å². The van der Waals surface area contributed by atoms with E-state index in [0.717, 1.165) is 0 Å². The van der Waals surface area contributed by atoms with E-state index in [2.05, 4.69) is 16.0 Å². The van der Waals surface area contributed by atoms with E-state index >= 15 is 0 Å². The Balaban J connectivity index is 3.15. The summed E-state index contributed by atoms with van der Waals surface area (Å²) in [5.41, 5.74) is 6.14. The van der Waals surface area contributed by atoms with E-state index in [9.17, 15) is 29.1 Å². The van der Waals surface area contributed by atoms with Crippen LogP contribution in [0.15, 0.2) is 30.3 Å². The maximum Gasteiger partial charge on any atom is 0.326 e. The first-order valence-corrected chi connectivity index (χ1v) is 11.3. The van der Waals surface area contributed by atoms with Gasteiger partial charge in [0.25, 0.3) is 0 Å². The Kier molecular flexibility index (Phi) is 12.4. The summed E-state index contributed by atoms with van der Waals surface area (Å²) in [6.07, 6.45) is -0.255. The lowest BCUT2D eigenvalue weighted by Gasteiger charge is -2.26. The number of carbonyl (C=O) groups excluding carboxylic acids is 3. The van der Waals surface area contributed by atoms with Gasteiger partial charge in [-0.1, -0.05) is 50.6 Å². The zero-order valence-electron chi connectivity index (χ0n) is 19.8. The zero-order chi connectivity index (χ0) is 26.5. The first kappa shape index (κ1) is 29.5. The van der Waals surface area contributed by atoms with E-state index in [1.807, 2.05) is 0 Å². The van der Waals surface area contributed by atoms with Gasteiger partial charge in [0, 0.05) is 12.8 Å². The number of aliphatic carboxylic acids is 2. The number of hydrogen-bond acceptors (Lipinski definition) is 7. The summed E-state index contributed by atoms with van der Waals surface area (Å²) >= 11 is 0. The summed E-state index contributed by atoms with van der Waals surface area (Å²) in [7, 11) is 0. The molecule has 1 aromatic rings. The van der Waals surface area contributed by atoms with Gasteiger partial charge in [-0.2, -0.15) is 0 Å². The number of hydrogen-bond donors (Lipinski definition) is 7. The predicted molar refractivity (Wildman–Crippen MR) is 125 cm³/mol. The summed E-state index contributed by atoms with van der Waals surface area (Å²) in [5.74, 6) is -5.28. The normalized spacial score (nSPS) is 15.1. The number of benzene rings is 1. The van der Waals surface area contributed by atoms with Crippen LogP contribution in [0.1, 0.15) is 38.7 Å². The Labute approximate surface area is 203 Å². The van der Waals surface area contributed by atoms with Gasteiger partial charge in [-0.15, -0.1) is 0 Å². The molecule has 0 radical (unpaired) electrons. The number of aliphatic hydroxyl groups is 1. The predicted octanol–water partition coefficient (Wildman–Crippen LogP) is -1.00. The summed E-state index contributed by atoms with van der Waals surface area (Å²) in [5, 5.41) is 34.8. The monoisotopic (exact) mass is 494 g/mol. The highest BCUT2D eigenvalue weighted by Crippen LogP contribution is 2.10. The molecule has 0 aliphatic rings. The highest BCUT2D eigenvalue weighted by Gasteiger charge is 2.32. The standard InChI is InChI=1S/C23H34N4O8/c1-3-13(2)19(23(34)35)27-22(33)17(11-14-7-5-4-6-8-14)26-21(32)16(9-10-18(29)30)25-20(31)15(24)12-28/h4-8,13,15-17,19,28H,3,9-12,24H2,1-2H3,(H,25,31)(H,26,32)(H,27,33)(H,29,30)(H,34,35). The van der Waals surface area contributed by atoms with E-state index in [0.29, 0.717) is 12.0 Å². The second-order valence-corrected chi connectivity index (χ2v) is 8.24. The van der Waals surface area contributed by atoms with Crippen molar-refractivity contribution in [1.29, 1.82) is 0 Å². The Hall–Kier alpha value is -3.51. The number of rotatable bonds is 15. The fourth-order valence-corrected chi connectivity index (χ4v) is 3.17. The molecule has 0 aliphatic carbocycles. The molecule has 0 saturated heterocycles. The number of aliphatic hydroxyl groups excluding tert-OH is 1. The van der Waals surface area contributed by atoms with Crippen molar-refractivity contribution in [2.45, 2.75) is 63.7 Å². The first-order chi connectivity index (χ1) is 16.5. The van der Waals surface area contributed by atoms with Crippen LogP contribution in [0.3, 0.4) is 0 Å². The van der Waals surface area contributed by atoms with Crippen LogP contribution in [0.2, 0.25) is 0 Å². The van der Waals surface area contributed by atoms with E-state index in [4.69, 9.17) is 15.9 Å². The minimum atomic E-state index is -1.35. The van der Waals surface area contributed by atoms with Crippen LogP contribution in [-0.4, -0.2) is 75.8 Å². The summed E-state index contributed by atoms with van der Waals surface area (Å²) < 4.78 is 0. The van der Waals surface area contributed by atoms with Gasteiger partial charge in [-0.3, -0.25) is 19.2 Å². The second kappa shape index (κ2) is 14.7. The number of carboxylic acid groups (broad SMARTS) is 2. The van der Waals surface area contributed by atoms with Crippen molar-refractivity contribution in [2.24, 2.45) is 11.7 Å². The summed E-state index contributed by atoms with van der Waals surface area (Å²) in [6, 6.07) is 3.59. The Morgan fingerprint density at radius 1 is 0.914 bits per heavy atom. The molecule has 0 heterocycles. The van der Waals surface area contributed by atoms with Crippen LogP contribution < -0.4 is 21.7 Å². The van der Waals surface area contributed by atoms with Crippen LogP contribution in [-0.2, 0) is 30.4 Å². The average Bonchev–Trinajstić information content (AvgIpc) is 2.83. The average molecular weight is 495 g/mol. The molecule has 12 heteroatoms. The van der Waals surface area contributed by atoms with Gasteiger partial charge in [0.05, 0.1) is 6.61 Å². The maximum absolute atomic E-state index is 13.1. The fraction of sp³-hybridized carbons (Fsp3) is 0.522. The van der Waals surface area contributed by atoms with Crippen LogP contribution in [0.4, 0.5) is 0 Å². The molecule has 5 unspecified atom stereocenters. The number of nitrogens with one attached hydrogen (secondary N) is 3. The number of amides is 3. The number of nitrogens with two attached hydrogens (primary N) is 1. The van der Waals surface area contributed by atoms with E-state index in [-0.39, 0.29) is 18.8 Å². The quantitative estimate of drug-likeness (QED) is 0.159. The summed E-state index contributed by atoms with van der Waals surface area (Å²) in [6.45, 7) is 2.76. The van der Waals surface area contributed by atoms with Crippen LogP contribution in [0, 0.1) is 5.92 Å². The maximum atomic E-state index is 13.1. The van der Waals surface area contributed by atoms with Crippen LogP contribution >= 0.6 is 0 Å². The molecule has 5 atom stereocenters. The van der Waals surface area contributed by atoms with E-state index in [1.54, 1.807) is 44.2 Å². The number of carboxylic acids is 2. The van der Waals surface area contributed by atoms with E-state index < -0.39 is 66.9 Å². The van der Waals surface area contributed by atoms with Gasteiger partial charge in [0.2, 0.25) is 17.7 Å². The summed E-state index contributed by atoms with van der Waals surface area (Å²) in [4.78, 5) is 60.9. The SMILES string of the molecule is CCC(C)C(NC(=O)C(Cc1ccccc1)NC(=O)C(CCC(=O)O)NC(=O)C(N)CO)C(=O)O. The Morgan fingerprint density at radius 3 is 2.00 bits per heavy atom. The lowest BCUT2D eigenvalue weighted by atomic mass is 9.98. The molecule has 12 nitrogen and oxygen atoms in total. The van der Waals surface area contributed by atoms with Crippen molar-refractivity contribution < 1.29 is 39.3 Å². The zero-order valence-corrected chi connectivity index (χ0v) is 19.8. The van der Waals surface area contributed by atoms with Crippen molar-refractivity contribution >= 4 is 29.7 Å². The van der Waals surface area contributed by atoms with Crippen molar-refractivity contribution in [2.75, 3.05) is 6.61 Å². The third kappa shape index (κ3) is 10.1. The van der Waals surface area contributed by atoms with Crippen molar-refractivity contribution in [3.8, 4) is 0 Å². The molecule has 0 saturated carbocycles. The highest BCUT2D eigenvalue weighted by molar-refractivity contribution is 5.94. The van der Waals surface area contributed by atoms with Gasteiger partial charge in [0.1, 0.15) is 24.2 Å². The van der Waals surface area contributed by atoms with Gasteiger partial charge in [-0.05, 0) is 17.9 Å². The molecule has 0 bridgehead atoms. The highest BCUT2D eigenvalue weighted by atomic mass is 16.4. The minimum absolute atomic E-state index is 0.0149. The van der Waals surface area contributed by atoms with E-state index in [1.165, 1.54) is 0 Å². The molecular formula is C23H34N4O8. The minimum Gasteiger partial charge on any atom is -0.481 e. The molecule has 35 heavy (non-hydrogen) atoms. The second-order valence-electron chi connectivity index (χ2n) is 8.24.